The number of hydrogen-bond donors (Lipinski definition) is 1. The number of hydrogen-bond acceptors (Lipinski definition) is 4. The largest absolute Gasteiger partial charge is 0.346 e. The Bertz CT molecular complexity index is 916. The van der Waals surface area contributed by atoms with Crippen LogP contribution in [-0.4, -0.2) is 31.4 Å². The average Bonchev–Trinajstić information content (AvgIpc) is 3.10. The van der Waals surface area contributed by atoms with E-state index in [1.54, 1.807) is 24.3 Å². The zero-order valence-corrected chi connectivity index (χ0v) is 16.9. The van der Waals surface area contributed by atoms with Gasteiger partial charge in [0, 0.05) is 20.3 Å². The van der Waals surface area contributed by atoms with E-state index in [0.717, 1.165) is 19.8 Å². The zero-order chi connectivity index (χ0) is 18.1. The number of halogens is 1. The van der Waals surface area contributed by atoms with Gasteiger partial charge >= 0.3 is 0 Å². The normalized spacial score (nSPS) is 22.3. The molecule has 1 aliphatic heterocycles. The number of carbonyl (C=O) groups excluding carboxylic acids is 1. The SMILES string of the molecule is CC1(NC(=O)C=Cc2ccc(-c3ccc(Br)cc3)s2)CCS(=O)(=O)C1. The molecule has 1 aromatic heterocycles. The van der Waals surface area contributed by atoms with E-state index in [2.05, 4.69) is 21.2 Å². The van der Waals surface area contributed by atoms with Gasteiger partial charge in [-0.1, -0.05) is 28.1 Å². The third kappa shape index (κ3) is 4.80. The summed E-state index contributed by atoms with van der Waals surface area (Å²) < 4.78 is 24.2. The molecule has 25 heavy (non-hydrogen) atoms. The zero-order valence-electron chi connectivity index (χ0n) is 13.7. The van der Waals surface area contributed by atoms with Crippen molar-refractivity contribution in [3.63, 3.8) is 0 Å². The second-order valence-electron chi connectivity index (χ2n) is 6.43. The van der Waals surface area contributed by atoms with Crippen molar-refractivity contribution in [2.24, 2.45) is 0 Å². The number of benzene rings is 1. The van der Waals surface area contributed by atoms with Crippen molar-refractivity contribution in [3.05, 3.63) is 51.8 Å². The number of sulfone groups is 1. The van der Waals surface area contributed by atoms with Crippen LogP contribution >= 0.6 is 27.3 Å². The fraction of sp³-hybridized carbons (Fsp3) is 0.278. The molecule has 0 radical (unpaired) electrons. The Hall–Kier alpha value is -1.44. The van der Waals surface area contributed by atoms with Crippen molar-refractivity contribution in [1.82, 2.24) is 5.32 Å². The summed E-state index contributed by atoms with van der Waals surface area (Å²) in [6.07, 6.45) is 3.68. The molecule has 0 saturated carbocycles. The molecule has 1 fully saturated rings. The van der Waals surface area contributed by atoms with Crippen LogP contribution in [0.1, 0.15) is 18.2 Å². The van der Waals surface area contributed by atoms with Crippen LogP contribution in [0.3, 0.4) is 0 Å². The van der Waals surface area contributed by atoms with Crippen LogP contribution in [-0.2, 0) is 14.6 Å². The quantitative estimate of drug-likeness (QED) is 0.734. The highest BCUT2D eigenvalue weighted by atomic mass is 79.9. The highest BCUT2D eigenvalue weighted by Crippen LogP contribution is 2.30. The van der Waals surface area contributed by atoms with E-state index >= 15 is 0 Å². The Morgan fingerprint density at radius 2 is 1.96 bits per heavy atom. The standard InChI is InChI=1S/C18H18BrNO3S2/c1-18(10-11-25(22,23)12-18)20-17(21)9-7-15-6-8-16(24-15)13-2-4-14(19)5-3-13/h2-9H,10-12H2,1H3,(H,20,21). The number of carbonyl (C=O) groups is 1. The minimum absolute atomic E-state index is 0.00625. The Morgan fingerprint density at radius 1 is 1.24 bits per heavy atom. The van der Waals surface area contributed by atoms with Crippen LogP contribution in [0, 0.1) is 0 Å². The molecule has 1 atom stereocenters. The van der Waals surface area contributed by atoms with Crippen molar-refractivity contribution < 1.29 is 13.2 Å². The van der Waals surface area contributed by atoms with Crippen LogP contribution in [0.15, 0.2) is 46.9 Å². The lowest BCUT2D eigenvalue weighted by molar-refractivity contribution is -0.117. The molecule has 1 saturated heterocycles. The summed E-state index contributed by atoms with van der Waals surface area (Å²) in [5.74, 6) is -0.125. The Kier molecular flexibility index (Phi) is 5.18. The van der Waals surface area contributed by atoms with Crippen molar-refractivity contribution in [2.45, 2.75) is 18.9 Å². The molecule has 2 heterocycles. The van der Waals surface area contributed by atoms with E-state index in [0.29, 0.717) is 6.42 Å². The van der Waals surface area contributed by atoms with Gasteiger partial charge in [0.2, 0.25) is 5.91 Å². The number of nitrogens with one attached hydrogen (secondary N) is 1. The van der Waals surface area contributed by atoms with Crippen LogP contribution in [0.4, 0.5) is 0 Å². The summed E-state index contributed by atoms with van der Waals surface area (Å²) in [6.45, 7) is 1.78. The molecular formula is C18H18BrNO3S2. The topological polar surface area (TPSA) is 63.2 Å². The van der Waals surface area contributed by atoms with Crippen molar-refractivity contribution in [3.8, 4) is 10.4 Å². The van der Waals surface area contributed by atoms with Gasteiger partial charge in [-0.25, -0.2) is 8.42 Å². The second-order valence-corrected chi connectivity index (χ2v) is 10.6. The van der Waals surface area contributed by atoms with Crippen molar-refractivity contribution in [1.29, 1.82) is 0 Å². The first-order valence-electron chi connectivity index (χ1n) is 7.81. The minimum Gasteiger partial charge on any atom is -0.346 e. The first-order chi connectivity index (χ1) is 11.7. The van der Waals surface area contributed by atoms with Crippen LogP contribution < -0.4 is 5.32 Å². The van der Waals surface area contributed by atoms with E-state index < -0.39 is 15.4 Å². The molecule has 1 unspecified atom stereocenters. The molecule has 1 aromatic carbocycles. The molecule has 3 rings (SSSR count). The maximum atomic E-state index is 12.1. The average molecular weight is 440 g/mol. The maximum absolute atomic E-state index is 12.1. The van der Waals surface area contributed by atoms with E-state index in [4.69, 9.17) is 0 Å². The Morgan fingerprint density at radius 3 is 2.60 bits per heavy atom. The highest BCUT2D eigenvalue weighted by molar-refractivity contribution is 9.10. The lowest BCUT2D eigenvalue weighted by Crippen LogP contribution is -2.46. The molecule has 7 heteroatoms. The van der Waals surface area contributed by atoms with Crippen LogP contribution in [0.2, 0.25) is 0 Å². The van der Waals surface area contributed by atoms with E-state index in [9.17, 15) is 13.2 Å². The van der Waals surface area contributed by atoms with Gasteiger partial charge in [-0.2, -0.15) is 0 Å². The summed E-state index contributed by atoms with van der Waals surface area (Å²) in [5.41, 5.74) is 0.458. The summed E-state index contributed by atoms with van der Waals surface area (Å²) >= 11 is 5.02. The smallest absolute Gasteiger partial charge is 0.244 e. The van der Waals surface area contributed by atoms with E-state index in [1.165, 1.54) is 6.08 Å². The first-order valence-corrected chi connectivity index (χ1v) is 11.2. The van der Waals surface area contributed by atoms with E-state index in [1.807, 2.05) is 36.4 Å². The molecule has 1 N–H and O–H groups in total. The number of rotatable bonds is 4. The highest BCUT2D eigenvalue weighted by Gasteiger charge is 2.39. The summed E-state index contributed by atoms with van der Waals surface area (Å²) in [7, 11) is -3.04. The van der Waals surface area contributed by atoms with Gasteiger partial charge < -0.3 is 5.32 Å². The van der Waals surface area contributed by atoms with Gasteiger partial charge in [-0.05, 0) is 49.2 Å². The molecule has 132 valence electrons. The van der Waals surface area contributed by atoms with Gasteiger partial charge in [0.15, 0.2) is 9.84 Å². The fourth-order valence-corrected chi connectivity index (χ4v) is 6.09. The predicted octanol–water partition coefficient (Wildman–Crippen LogP) is 3.88. The minimum atomic E-state index is -3.04. The lowest BCUT2D eigenvalue weighted by atomic mass is 10.0. The molecule has 2 aromatic rings. The molecule has 1 amide bonds. The molecule has 4 nitrogen and oxygen atoms in total. The summed E-state index contributed by atoms with van der Waals surface area (Å²) in [5, 5.41) is 2.82. The van der Waals surface area contributed by atoms with E-state index in [-0.39, 0.29) is 17.4 Å². The summed E-state index contributed by atoms with van der Waals surface area (Å²) in [4.78, 5) is 14.2. The number of amides is 1. The van der Waals surface area contributed by atoms with Crippen molar-refractivity contribution in [2.75, 3.05) is 11.5 Å². The Balaban J connectivity index is 1.64. The maximum Gasteiger partial charge on any atom is 0.244 e. The van der Waals surface area contributed by atoms with Crippen molar-refractivity contribution >= 4 is 49.1 Å². The van der Waals surface area contributed by atoms with Crippen LogP contribution in [0.25, 0.3) is 16.5 Å². The third-order valence-corrected chi connectivity index (χ3v) is 7.61. The van der Waals surface area contributed by atoms with Gasteiger partial charge in [0.25, 0.3) is 0 Å². The Labute approximate surface area is 160 Å². The number of thiophene rings is 1. The first kappa shape index (κ1) is 18.4. The summed E-state index contributed by atoms with van der Waals surface area (Å²) in [6, 6.07) is 12.1. The molecule has 1 aliphatic rings. The van der Waals surface area contributed by atoms with Crippen LogP contribution in [0.5, 0.6) is 0 Å². The molecule has 0 aliphatic carbocycles. The second kappa shape index (κ2) is 7.05. The molecule has 0 spiro atoms. The van der Waals surface area contributed by atoms with Gasteiger partial charge in [0.05, 0.1) is 17.0 Å². The monoisotopic (exact) mass is 439 g/mol. The predicted molar refractivity (Wildman–Crippen MR) is 106 cm³/mol. The lowest BCUT2D eigenvalue weighted by Gasteiger charge is -2.22. The van der Waals surface area contributed by atoms with Gasteiger partial charge in [-0.15, -0.1) is 11.3 Å². The third-order valence-electron chi connectivity index (χ3n) is 4.08. The molecular weight excluding hydrogens is 422 g/mol. The van der Waals surface area contributed by atoms with Gasteiger partial charge in [0.1, 0.15) is 0 Å². The molecule has 0 bridgehead atoms. The fourth-order valence-electron chi connectivity index (χ4n) is 2.82. The van der Waals surface area contributed by atoms with Gasteiger partial charge in [-0.3, -0.25) is 4.79 Å².